The molecule has 0 fully saturated rings. The molecule has 3 aromatic heterocycles. The molecule has 1 aliphatic rings. The fourth-order valence-corrected chi connectivity index (χ4v) is 3.14. The Morgan fingerprint density at radius 1 is 1.07 bits per heavy atom. The van der Waals surface area contributed by atoms with Crippen molar-refractivity contribution in [1.29, 1.82) is 0 Å². The zero-order valence-corrected chi connectivity index (χ0v) is 14.8. The number of halogens is 3. The van der Waals surface area contributed by atoms with Crippen LogP contribution in [0, 0.1) is 0 Å². The molecule has 0 bridgehead atoms. The van der Waals surface area contributed by atoms with Crippen LogP contribution in [0.15, 0.2) is 28.9 Å². The molecule has 0 radical (unpaired) electrons. The summed E-state index contributed by atoms with van der Waals surface area (Å²) in [5, 5.41) is 6.70. The zero-order chi connectivity index (χ0) is 19.6. The molecule has 1 N–H and O–H groups in total. The van der Waals surface area contributed by atoms with Gasteiger partial charge in [-0.15, -0.1) is 0 Å². The predicted octanol–water partition coefficient (Wildman–Crippen LogP) is 3.47. The van der Waals surface area contributed by atoms with Crippen LogP contribution in [0.4, 0.5) is 19.1 Å². The summed E-state index contributed by atoms with van der Waals surface area (Å²) >= 11 is 0. The lowest BCUT2D eigenvalue weighted by molar-refractivity contribution is -0.142. The van der Waals surface area contributed by atoms with Crippen LogP contribution in [0.5, 0.6) is 0 Å². The fraction of sp³-hybridized carbons (Fsp3) is 0.389. The maximum atomic E-state index is 13.3. The van der Waals surface area contributed by atoms with Crippen LogP contribution >= 0.6 is 0 Å². The number of hydrogen-bond acceptors (Lipinski definition) is 7. The number of pyridine rings is 1. The lowest BCUT2D eigenvalue weighted by Gasteiger charge is -2.20. The minimum absolute atomic E-state index is 0.0301. The Labute approximate surface area is 158 Å². The second-order valence-corrected chi connectivity index (χ2v) is 6.43. The van der Waals surface area contributed by atoms with Crippen molar-refractivity contribution in [2.75, 3.05) is 11.9 Å². The van der Waals surface area contributed by atoms with Crippen molar-refractivity contribution >= 4 is 5.95 Å². The minimum atomic E-state index is -4.50. The van der Waals surface area contributed by atoms with Gasteiger partial charge in [0.2, 0.25) is 17.7 Å². The Hall–Kier alpha value is -3.04. The average Bonchev–Trinajstić information content (AvgIpc) is 3.16. The lowest BCUT2D eigenvalue weighted by atomic mass is 9.94. The molecule has 0 saturated carbocycles. The van der Waals surface area contributed by atoms with E-state index in [1.165, 1.54) is 0 Å². The highest BCUT2D eigenvalue weighted by Crippen LogP contribution is 2.35. The second kappa shape index (κ2) is 7.53. The first-order valence-corrected chi connectivity index (χ1v) is 8.95. The monoisotopic (exact) mass is 390 g/mol. The molecular formula is C18H17F3N6O. The number of anilines is 1. The fourth-order valence-electron chi connectivity index (χ4n) is 3.14. The number of aryl methyl sites for hydroxylation is 1. The maximum Gasteiger partial charge on any atom is 0.433 e. The van der Waals surface area contributed by atoms with Crippen LogP contribution < -0.4 is 5.32 Å². The van der Waals surface area contributed by atoms with Crippen molar-refractivity contribution in [2.24, 2.45) is 0 Å². The van der Waals surface area contributed by atoms with E-state index in [9.17, 15) is 13.2 Å². The molecule has 1 aliphatic carbocycles. The second-order valence-electron chi connectivity index (χ2n) is 6.43. The Balaban J connectivity index is 1.45. The number of hydrogen-bond donors (Lipinski definition) is 1. The third kappa shape index (κ3) is 3.95. The molecule has 0 saturated heterocycles. The maximum absolute atomic E-state index is 13.3. The smallest absolute Gasteiger partial charge is 0.354 e. The quantitative estimate of drug-likeness (QED) is 0.713. The van der Waals surface area contributed by atoms with Gasteiger partial charge in [0.25, 0.3) is 0 Å². The molecule has 7 nitrogen and oxygen atoms in total. The average molecular weight is 390 g/mol. The minimum Gasteiger partial charge on any atom is -0.354 e. The van der Waals surface area contributed by atoms with Crippen LogP contribution in [-0.2, 0) is 25.4 Å². The number of fused-ring (bicyclic) bond motifs is 1. The molecule has 146 valence electrons. The summed E-state index contributed by atoms with van der Waals surface area (Å²) in [5.74, 6) is 0.680. The summed E-state index contributed by atoms with van der Waals surface area (Å²) in [6, 6.07) is 5.35. The van der Waals surface area contributed by atoms with Gasteiger partial charge in [-0.2, -0.15) is 18.2 Å². The van der Waals surface area contributed by atoms with Gasteiger partial charge in [0, 0.05) is 30.4 Å². The topological polar surface area (TPSA) is 89.6 Å². The lowest BCUT2D eigenvalue weighted by Crippen LogP contribution is -2.20. The summed E-state index contributed by atoms with van der Waals surface area (Å²) in [6.07, 6.45) is -0.0957. The number of alkyl halides is 3. The van der Waals surface area contributed by atoms with Crippen molar-refractivity contribution in [1.82, 2.24) is 25.1 Å². The first kappa shape index (κ1) is 18.3. The van der Waals surface area contributed by atoms with E-state index in [1.807, 2.05) is 6.07 Å². The van der Waals surface area contributed by atoms with Gasteiger partial charge >= 0.3 is 6.18 Å². The molecule has 0 spiro atoms. The van der Waals surface area contributed by atoms with Crippen LogP contribution in [0.25, 0.3) is 11.5 Å². The van der Waals surface area contributed by atoms with Crippen molar-refractivity contribution in [2.45, 2.75) is 38.3 Å². The number of nitrogens with one attached hydrogen (secondary N) is 1. The molecule has 0 amide bonds. The standard InChI is InChI=1S/C18H17F3N6O/c19-18(20,21)15-11-5-1-2-6-12(11)24-17(26-15)23-10-8-14-25-16(27-28-14)13-7-3-4-9-22-13/h3-4,7,9H,1-2,5-6,8,10H2,(H,23,24,26). The first-order chi connectivity index (χ1) is 13.5. The molecule has 0 atom stereocenters. The summed E-state index contributed by atoms with van der Waals surface area (Å²) in [6.45, 7) is 0.264. The van der Waals surface area contributed by atoms with Gasteiger partial charge in [-0.25, -0.2) is 9.97 Å². The van der Waals surface area contributed by atoms with E-state index < -0.39 is 11.9 Å². The number of rotatable bonds is 5. The number of nitrogens with zero attached hydrogens (tertiary/aromatic N) is 5. The predicted molar refractivity (Wildman–Crippen MR) is 93.4 cm³/mol. The normalized spacial score (nSPS) is 14.0. The van der Waals surface area contributed by atoms with E-state index in [0.717, 1.165) is 12.8 Å². The van der Waals surface area contributed by atoms with Gasteiger partial charge in [-0.05, 0) is 37.8 Å². The third-order valence-corrected chi connectivity index (χ3v) is 4.44. The van der Waals surface area contributed by atoms with Crippen LogP contribution in [0.2, 0.25) is 0 Å². The van der Waals surface area contributed by atoms with E-state index in [1.54, 1.807) is 18.3 Å². The Morgan fingerprint density at radius 2 is 1.93 bits per heavy atom. The van der Waals surface area contributed by atoms with E-state index in [4.69, 9.17) is 4.52 Å². The SMILES string of the molecule is FC(F)(F)c1nc(NCCc2nc(-c3ccccn3)no2)nc2c1CCCC2. The molecule has 0 aliphatic heterocycles. The molecular weight excluding hydrogens is 373 g/mol. The summed E-state index contributed by atoms with van der Waals surface area (Å²) in [5.41, 5.74) is 0.445. The Morgan fingerprint density at radius 3 is 2.71 bits per heavy atom. The molecule has 10 heteroatoms. The summed E-state index contributed by atoms with van der Waals surface area (Å²) in [4.78, 5) is 16.4. The van der Waals surface area contributed by atoms with Gasteiger partial charge in [-0.1, -0.05) is 11.2 Å². The molecule has 3 heterocycles. The van der Waals surface area contributed by atoms with Gasteiger partial charge in [0.15, 0.2) is 5.69 Å². The van der Waals surface area contributed by atoms with E-state index >= 15 is 0 Å². The molecule has 4 rings (SSSR count). The van der Waals surface area contributed by atoms with E-state index in [-0.39, 0.29) is 18.1 Å². The molecule has 0 unspecified atom stereocenters. The Bertz CT molecular complexity index is 958. The highest BCUT2D eigenvalue weighted by Gasteiger charge is 2.37. The van der Waals surface area contributed by atoms with Crippen LogP contribution in [0.3, 0.4) is 0 Å². The van der Waals surface area contributed by atoms with Gasteiger partial charge in [-0.3, -0.25) is 4.98 Å². The van der Waals surface area contributed by atoms with E-state index in [2.05, 4.69) is 30.4 Å². The molecule has 3 aromatic rings. The van der Waals surface area contributed by atoms with Crippen molar-refractivity contribution in [3.05, 3.63) is 47.2 Å². The molecule has 0 aromatic carbocycles. The van der Waals surface area contributed by atoms with Crippen molar-refractivity contribution in [3.8, 4) is 11.5 Å². The van der Waals surface area contributed by atoms with E-state index in [0.29, 0.717) is 42.4 Å². The summed E-state index contributed by atoms with van der Waals surface area (Å²) < 4.78 is 45.2. The highest BCUT2D eigenvalue weighted by molar-refractivity contribution is 5.47. The van der Waals surface area contributed by atoms with Crippen molar-refractivity contribution in [3.63, 3.8) is 0 Å². The van der Waals surface area contributed by atoms with Gasteiger partial charge < -0.3 is 9.84 Å². The van der Waals surface area contributed by atoms with Crippen molar-refractivity contribution < 1.29 is 17.7 Å². The Kier molecular flexibility index (Phi) is 4.93. The molecule has 28 heavy (non-hydrogen) atoms. The number of aromatic nitrogens is 5. The largest absolute Gasteiger partial charge is 0.433 e. The van der Waals surface area contributed by atoms with Crippen LogP contribution in [0.1, 0.15) is 35.7 Å². The zero-order valence-electron chi connectivity index (χ0n) is 14.8. The summed E-state index contributed by atoms with van der Waals surface area (Å²) in [7, 11) is 0. The third-order valence-electron chi connectivity index (χ3n) is 4.44. The first-order valence-electron chi connectivity index (χ1n) is 8.95. The van der Waals surface area contributed by atoms with Gasteiger partial charge in [0.05, 0.1) is 0 Å². The van der Waals surface area contributed by atoms with Crippen LogP contribution in [-0.4, -0.2) is 31.6 Å². The highest BCUT2D eigenvalue weighted by atomic mass is 19.4. The van der Waals surface area contributed by atoms with Gasteiger partial charge in [0.1, 0.15) is 5.69 Å².